The second kappa shape index (κ2) is 5.28. The summed E-state index contributed by atoms with van der Waals surface area (Å²) >= 11 is 0. The molecule has 0 saturated heterocycles. The monoisotopic (exact) mass is 269 g/mol. The Morgan fingerprint density at radius 3 is 2.70 bits per heavy atom. The lowest BCUT2D eigenvalue weighted by Gasteiger charge is -2.07. The molecule has 0 amide bonds. The summed E-state index contributed by atoms with van der Waals surface area (Å²) < 4.78 is 0. The topological polar surface area (TPSA) is 68.1 Å². The predicted molar refractivity (Wildman–Crippen MR) is 76.7 cm³/mol. The predicted octanol–water partition coefficient (Wildman–Crippen LogP) is 3.09. The van der Waals surface area contributed by atoms with Gasteiger partial charge in [0.25, 0.3) is 5.69 Å². The van der Waals surface area contributed by atoms with Gasteiger partial charge in [-0.15, -0.1) is 0 Å². The first-order chi connectivity index (χ1) is 9.72. The highest BCUT2D eigenvalue weighted by molar-refractivity contribution is 5.42. The van der Waals surface area contributed by atoms with Crippen molar-refractivity contribution < 1.29 is 4.92 Å². The quantitative estimate of drug-likeness (QED) is 0.684. The third kappa shape index (κ3) is 2.61. The van der Waals surface area contributed by atoms with E-state index in [1.54, 1.807) is 12.1 Å². The van der Waals surface area contributed by atoms with E-state index in [0.29, 0.717) is 6.54 Å². The number of aryl methyl sites for hydroxylation is 2. The Balaban J connectivity index is 1.65. The SMILES string of the molecule is O=[N+]([O-])c1ccc(CNc2ccc3c(n2)CCC3)cc1. The van der Waals surface area contributed by atoms with Gasteiger partial charge in [-0.25, -0.2) is 4.98 Å². The van der Waals surface area contributed by atoms with Crippen molar-refractivity contribution in [1.29, 1.82) is 0 Å². The zero-order valence-corrected chi connectivity index (χ0v) is 11.0. The first kappa shape index (κ1) is 12.6. The molecule has 0 fully saturated rings. The van der Waals surface area contributed by atoms with Crippen LogP contribution < -0.4 is 5.32 Å². The number of pyridine rings is 1. The van der Waals surface area contributed by atoms with Gasteiger partial charge in [-0.2, -0.15) is 0 Å². The van der Waals surface area contributed by atoms with Crippen LogP contribution in [-0.2, 0) is 19.4 Å². The number of hydrogen-bond donors (Lipinski definition) is 1. The summed E-state index contributed by atoms with van der Waals surface area (Å²) in [6, 6.07) is 10.7. The van der Waals surface area contributed by atoms with Gasteiger partial charge < -0.3 is 5.32 Å². The van der Waals surface area contributed by atoms with E-state index in [-0.39, 0.29) is 10.6 Å². The first-order valence-corrected chi connectivity index (χ1v) is 6.68. The number of fused-ring (bicyclic) bond motifs is 1. The molecule has 1 aromatic carbocycles. The van der Waals surface area contributed by atoms with Gasteiger partial charge in [0.15, 0.2) is 0 Å². The standard InChI is InChI=1S/C15H15N3O2/c19-18(20)13-7-4-11(5-8-13)10-16-15-9-6-12-2-1-3-14(12)17-15/h4-9H,1-3,10H2,(H,16,17). The summed E-state index contributed by atoms with van der Waals surface area (Å²) in [6.45, 7) is 0.615. The van der Waals surface area contributed by atoms with Crippen LogP contribution in [-0.4, -0.2) is 9.91 Å². The third-order valence-corrected chi connectivity index (χ3v) is 3.55. The maximum atomic E-state index is 10.6. The number of anilines is 1. The zero-order valence-electron chi connectivity index (χ0n) is 11.0. The summed E-state index contributed by atoms with van der Waals surface area (Å²) in [7, 11) is 0. The van der Waals surface area contributed by atoms with Crippen molar-refractivity contribution in [2.24, 2.45) is 0 Å². The van der Waals surface area contributed by atoms with Gasteiger partial charge in [-0.1, -0.05) is 18.2 Å². The second-order valence-corrected chi connectivity index (χ2v) is 4.93. The highest BCUT2D eigenvalue weighted by atomic mass is 16.6. The molecule has 20 heavy (non-hydrogen) atoms. The van der Waals surface area contributed by atoms with E-state index in [9.17, 15) is 10.1 Å². The van der Waals surface area contributed by atoms with Gasteiger partial charge in [0.1, 0.15) is 5.82 Å². The summed E-state index contributed by atoms with van der Waals surface area (Å²) in [4.78, 5) is 14.8. The van der Waals surface area contributed by atoms with E-state index in [2.05, 4.69) is 16.4 Å². The number of nitro groups is 1. The van der Waals surface area contributed by atoms with Crippen LogP contribution in [0.1, 0.15) is 23.2 Å². The Morgan fingerprint density at radius 1 is 1.15 bits per heavy atom. The molecule has 102 valence electrons. The Labute approximate surface area is 116 Å². The van der Waals surface area contributed by atoms with Gasteiger partial charge in [0, 0.05) is 24.4 Å². The van der Waals surface area contributed by atoms with Crippen LogP contribution in [0.15, 0.2) is 36.4 Å². The van der Waals surface area contributed by atoms with Crippen molar-refractivity contribution in [1.82, 2.24) is 4.98 Å². The van der Waals surface area contributed by atoms with Crippen LogP contribution in [0.4, 0.5) is 11.5 Å². The summed E-state index contributed by atoms with van der Waals surface area (Å²) in [5.74, 6) is 0.865. The maximum Gasteiger partial charge on any atom is 0.269 e. The fraction of sp³-hybridized carbons (Fsp3) is 0.267. The van der Waals surface area contributed by atoms with Crippen LogP contribution in [0.25, 0.3) is 0 Å². The fourth-order valence-electron chi connectivity index (χ4n) is 2.45. The molecular weight excluding hydrogens is 254 g/mol. The second-order valence-electron chi connectivity index (χ2n) is 4.93. The molecule has 5 nitrogen and oxygen atoms in total. The molecule has 0 bridgehead atoms. The van der Waals surface area contributed by atoms with E-state index in [0.717, 1.165) is 24.2 Å². The van der Waals surface area contributed by atoms with Crippen LogP contribution in [0, 0.1) is 10.1 Å². The molecule has 0 radical (unpaired) electrons. The normalized spacial score (nSPS) is 13.0. The molecule has 0 spiro atoms. The van der Waals surface area contributed by atoms with Crippen LogP contribution in [0.2, 0.25) is 0 Å². The van der Waals surface area contributed by atoms with Crippen LogP contribution in [0.3, 0.4) is 0 Å². The van der Waals surface area contributed by atoms with Gasteiger partial charge in [-0.05, 0) is 36.5 Å². The maximum absolute atomic E-state index is 10.6. The van der Waals surface area contributed by atoms with E-state index >= 15 is 0 Å². The third-order valence-electron chi connectivity index (χ3n) is 3.55. The number of nitrogens with one attached hydrogen (secondary N) is 1. The minimum absolute atomic E-state index is 0.115. The molecule has 0 saturated carbocycles. The largest absolute Gasteiger partial charge is 0.366 e. The lowest BCUT2D eigenvalue weighted by molar-refractivity contribution is -0.384. The minimum atomic E-state index is -0.390. The van der Waals surface area contributed by atoms with Gasteiger partial charge in [-0.3, -0.25) is 10.1 Å². The van der Waals surface area contributed by atoms with Crippen molar-refractivity contribution >= 4 is 11.5 Å². The summed E-state index contributed by atoms with van der Waals surface area (Å²) in [6.07, 6.45) is 3.38. The number of nitrogens with zero attached hydrogens (tertiary/aromatic N) is 2. The van der Waals surface area contributed by atoms with Gasteiger partial charge in [0.05, 0.1) is 4.92 Å². The average Bonchev–Trinajstić information content (AvgIpc) is 2.93. The van der Waals surface area contributed by atoms with Crippen LogP contribution >= 0.6 is 0 Å². The first-order valence-electron chi connectivity index (χ1n) is 6.68. The molecule has 0 unspecified atom stereocenters. The molecule has 5 heteroatoms. The molecule has 2 aromatic rings. The number of nitro benzene ring substituents is 1. The fourth-order valence-corrected chi connectivity index (χ4v) is 2.45. The Bertz CT molecular complexity index is 638. The van der Waals surface area contributed by atoms with E-state index < -0.39 is 0 Å². The molecule has 1 aromatic heterocycles. The highest BCUT2D eigenvalue weighted by Gasteiger charge is 2.12. The van der Waals surface area contributed by atoms with Crippen LogP contribution in [0.5, 0.6) is 0 Å². The van der Waals surface area contributed by atoms with Crippen molar-refractivity contribution in [3.63, 3.8) is 0 Å². The van der Waals surface area contributed by atoms with E-state index in [1.165, 1.54) is 29.8 Å². The van der Waals surface area contributed by atoms with Crippen molar-refractivity contribution in [3.8, 4) is 0 Å². The number of aromatic nitrogens is 1. The van der Waals surface area contributed by atoms with Crippen molar-refractivity contribution in [2.45, 2.75) is 25.8 Å². The van der Waals surface area contributed by atoms with E-state index in [1.807, 2.05) is 6.07 Å². The number of benzene rings is 1. The molecule has 1 heterocycles. The summed E-state index contributed by atoms with van der Waals surface area (Å²) in [5, 5.41) is 13.8. The molecule has 1 aliphatic carbocycles. The van der Waals surface area contributed by atoms with Gasteiger partial charge >= 0.3 is 0 Å². The molecule has 0 aliphatic heterocycles. The Kier molecular flexibility index (Phi) is 3.33. The van der Waals surface area contributed by atoms with E-state index in [4.69, 9.17) is 0 Å². The molecule has 3 rings (SSSR count). The Morgan fingerprint density at radius 2 is 1.95 bits per heavy atom. The molecule has 1 N–H and O–H groups in total. The number of non-ortho nitro benzene ring substituents is 1. The molecular formula is C15H15N3O2. The lowest BCUT2D eigenvalue weighted by Crippen LogP contribution is -2.03. The van der Waals surface area contributed by atoms with Crippen molar-refractivity contribution in [3.05, 3.63) is 63.3 Å². The number of hydrogen-bond acceptors (Lipinski definition) is 4. The molecule has 0 atom stereocenters. The highest BCUT2D eigenvalue weighted by Crippen LogP contribution is 2.22. The smallest absolute Gasteiger partial charge is 0.269 e. The minimum Gasteiger partial charge on any atom is -0.366 e. The molecule has 1 aliphatic rings. The summed E-state index contributed by atoms with van der Waals surface area (Å²) in [5.41, 5.74) is 3.66. The average molecular weight is 269 g/mol. The number of rotatable bonds is 4. The van der Waals surface area contributed by atoms with Crippen molar-refractivity contribution in [2.75, 3.05) is 5.32 Å². The lowest BCUT2D eigenvalue weighted by atomic mass is 10.2. The zero-order chi connectivity index (χ0) is 13.9. The Hall–Kier alpha value is -2.43. The van der Waals surface area contributed by atoms with Gasteiger partial charge in [0.2, 0.25) is 0 Å².